The van der Waals surface area contributed by atoms with Crippen LogP contribution in [0.5, 0.6) is 0 Å². The number of nitrogens with zero attached hydrogens (tertiary/aromatic N) is 1. The number of hydrogen-bond acceptors (Lipinski definition) is 3. The van der Waals surface area contributed by atoms with E-state index in [-0.39, 0.29) is 13.1 Å². The van der Waals surface area contributed by atoms with Crippen molar-refractivity contribution in [2.24, 2.45) is 0 Å². The van der Waals surface area contributed by atoms with Crippen LogP contribution in [0.15, 0.2) is 24.8 Å². The maximum atomic E-state index is 11.6. The van der Waals surface area contributed by atoms with Crippen LogP contribution in [0, 0.1) is 0 Å². The van der Waals surface area contributed by atoms with Crippen LogP contribution in [0.1, 0.15) is 4.88 Å². The van der Waals surface area contributed by atoms with Gasteiger partial charge in [-0.2, -0.15) is 4.31 Å². The molecule has 0 aliphatic rings. The van der Waals surface area contributed by atoms with Crippen LogP contribution in [0.2, 0.25) is 4.34 Å². The summed E-state index contributed by atoms with van der Waals surface area (Å²) in [5.41, 5.74) is 0. The van der Waals surface area contributed by atoms with Gasteiger partial charge in [0.05, 0.1) is 4.34 Å². The second-order valence-corrected chi connectivity index (χ2v) is 7.36. The average Bonchev–Trinajstić information content (AvgIpc) is 2.63. The molecule has 1 heterocycles. The summed E-state index contributed by atoms with van der Waals surface area (Å²) in [7, 11) is -3.42. The van der Waals surface area contributed by atoms with Gasteiger partial charge >= 0.3 is 0 Å². The van der Waals surface area contributed by atoms with Crippen LogP contribution in [0.4, 0.5) is 0 Å². The smallest absolute Gasteiger partial charge is 0.211 e. The summed E-state index contributed by atoms with van der Waals surface area (Å²) in [6.45, 7) is 4.04. The van der Waals surface area contributed by atoms with E-state index in [1.807, 2.05) is 0 Å². The summed E-state index contributed by atoms with van der Waals surface area (Å²) in [5.74, 6) is 0. The van der Waals surface area contributed by atoms with Crippen LogP contribution >= 0.6 is 34.5 Å². The van der Waals surface area contributed by atoms with E-state index < -0.39 is 15.2 Å². The van der Waals surface area contributed by atoms with Crippen molar-refractivity contribution < 1.29 is 8.42 Å². The van der Waals surface area contributed by atoms with Crippen LogP contribution in [0.3, 0.4) is 0 Å². The molecule has 0 radical (unpaired) electrons. The van der Waals surface area contributed by atoms with Gasteiger partial charge in [-0.15, -0.1) is 29.5 Å². The summed E-state index contributed by atoms with van der Waals surface area (Å²) in [4.78, 5) is 0.876. The molecule has 0 aromatic carbocycles. The summed E-state index contributed by atoms with van der Waals surface area (Å²) in [6.07, 6.45) is 1.53. The lowest BCUT2D eigenvalue weighted by Gasteiger charge is -2.18. The first-order chi connectivity index (χ1) is 7.49. The molecule has 90 valence electrons. The van der Waals surface area contributed by atoms with Gasteiger partial charge in [0, 0.05) is 18.0 Å². The van der Waals surface area contributed by atoms with E-state index in [0.717, 1.165) is 4.88 Å². The first-order valence-electron chi connectivity index (χ1n) is 4.38. The van der Waals surface area contributed by atoms with E-state index in [1.165, 1.54) is 21.7 Å². The standard InChI is InChI=1S/C9H11Cl2NO2S2/c1-2-5-12(16(13,14)7-10)6-8-3-4-9(11)15-8/h2-4H,1,5-7H2. The predicted octanol–water partition coefficient (Wildman–Crippen LogP) is 2.92. The number of halogens is 2. The minimum absolute atomic E-state index is 0.241. The van der Waals surface area contributed by atoms with E-state index in [4.69, 9.17) is 23.2 Å². The van der Waals surface area contributed by atoms with Crippen LogP contribution in [-0.4, -0.2) is 24.5 Å². The Morgan fingerprint density at radius 2 is 2.19 bits per heavy atom. The van der Waals surface area contributed by atoms with Gasteiger partial charge in [-0.3, -0.25) is 0 Å². The van der Waals surface area contributed by atoms with Crippen molar-refractivity contribution in [3.8, 4) is 0 Å². The third kappa shape index (κ3) is 3.75. The largest absolute Gasteiger partial charge is 0.228 e. The minimum Gasteiger partial charge on any atom is -0.211 e. The highest BCUT2D eigenvalue weighted by atomic mass is 35.5. The molecule has 0 fully saturated rings. The van der Waals surface area contributed by atoms with Gasteiger partial charge in [0.2, 0.25) is 10.0 Å². The molecule has 0 saturated heterocycles. The highest BCUT2D eigenvalue weighted by Crippen LogP contribution is 2.23. The molecule has 0 aliphatic heterocycles. The fraction of sp³-hybridized carbons (Fsp3) is 0.333. The molecule has 1 rings (SSSR count). The number of sulfonamides is 1. The van der Waals surface area contributed by atoms with Gasteiger partial charge in [-0.05, 0) is 12.1 Å². The second-order valence-electron chi connectivity index (χ2n) is 3.01. The summed E-state index contributed by atoms with van der Waals surface area (Å²) < 4.78 is 25.1. The Balaban J connectivity index is 2.84. The van der Waals surface area contributed by atoms with Gasteiger partial charge in [-0.1, -0.05) is 17.7 Å². The molecule has 1 aromatic heterocycles. The highest BCUT2D eigenvalue weighted by molar-refractivity contribution is 7.90. The van der Waals surface area contributed by atoms with Gasteiger partial charge in [-0.25, -0.2) is 8.42 Å². The lowest BCUT2D eigenvalue weighted by molar-refractivity contribution is 0.445. The third-order valence-electron chi connectivity index (χ3n) is 1.83. The number of thiophene rings is 1. The highest BCUT2D eigenvalue weighted by Gasteiger charge is 2.20. The molecule has 0 spiro atoms. The normalized spacial score (nSPS) is 11.9. The first kappa shape index (κ1) is 14.0. The van der Waals surface area contributed by atoms with Gasteiger partial charge in [0.25, 0.3) is 0 Å². The number of hydrogen-bond donors (Lipinski definition) is 0. The molecule has 0 aliphatic carbocycles. The summed E-state index contributed by atoms with van der Waals surface area (Å²) >= 11 is 12.5. The lowest BCUT2D eigenvalue weighted by atomic mass is 10.4. The van der Waals surface area contributed by atoms with Crippen LogP contribution in [-0.2, 0) is 16.6 Å². The van der Waals surface area contributed by atoms with Crippen molar-refractivity contribution in [3.05, 3.63) is 34.0 Å². The molecule has 0 amide bonds. The maximum Gasteiger partial charge on any atom is 0.228 e. The molecule has 0 saturated carbocycles. The zero-order chi connectivity index (χ0) is 12.2. The first-order valence-corrected chi connectivity index (χ1v) is 7.72. The Hall–Kier alpha value is -0.0700. The van der Waals surface area contributed by atoms with E-state index in [0.29, 0.717) is 4.34 Å². The topological polar surface area (TPSA) is 37.4 Å². The fourth-order valence-corrected chi connectivity index (χ4v) is 3.51. The molecule has 7 heteroatoms. The number of rotatable bonds is 6. The zero-order valence-electron chi connectivity index (χ0n) is 8.40. The quantitative estimate of drug-likeness (QED) is 0.598. The third-order valence-corrected chi connectivity index (χ3v) is 5.21. The predicted molar refractivity (Wildman–Crippen MR) is 69.6 cm³/mol. The summed E-state index contributed by atoms with van der Waals surface area (Å²) in [5, 5.41) is -0.431. The van der Waals surface area contributed by atoms with Crippen LogP contribution in [0.25, 0.3) is 0 Å². The molecular formula is C9H11Cl2NO2S2. The minimum atomic E-state index is -3.42. The van der Waals surface area contributed by atoms with E-state index in [1.54, 1.807) is 12.1 Å². The molecule has 0 bridgehead atoms. The van der Waals surface area contributed by atoms with Crippen molar-refractivity contribution in [2.45, 2.75) is 6.54 Å². The monoisotopic (exact) mass is 299 g/mol. The van der Waals surface area contributed by atoms with E-state index in [2.05, 4.69) is 6.58 Å². The van der Waals surface area contributed by atoms with Gasteiger partial charge in [0.1, 0.15) is 5.21 Å². The van der Waals surface area contributed by atoms with Crippen molar-refractivity contribution in [1.29, 1.82) is 0 Å². The Morgan fingerprint density at radius 1 is 1.50 bits per heavy atom. The Kier molecular flexibility index (Phi) is 5.27. The van der Waals surface area contributed by atoms with E-state index in [9.17, 15) is 8.42 Å². The summed E-state index contributed by atoms with van der Waals surface area (Å²) in [6, 6.07) is 3.54. The maximum absolute atomic E-state index is 11.6. The Morgan fingerprint density at radius 3 is 2.62 bits per heavy atom. The van der Waals surface area contributed by atoms with Gasteiger partial charge in [0.15, 0.2) is 0 Å². The van der Waals surface area contributed by atoms with Crippen molar-refractivity contribution in [2.75, 3.05) is 11.8 Å². The van der Waals surface area contributed by atoms with Crippen molar-refractivity contribution in [1.82, 2.24) is 4.31 Å². The molecule has 16 heavy (non-hydrogen) atoms. The van der Waals surface area contributed by atoms with Crippen molar-refractivity contribution >= 4 is 44.6 Å². The van der Waals surface area contributed by atoms with E-state index >= 15 is 0 Å². The molecule has 1 aromatic rings. The molecular weight excluding hydrogens is 289 g/mol. The SMILES string of the molecule is C=CCN(Cc1ccc(Cl)s1)S(=O)(=O)CCl. The van der Waals surface area contributed by atoms with Gasteiger partial charge < -0.3 is 0 Å². The zero-order valence-corrected chi connectivity index (χ0v) is 11.5. The number of alkyl halides is 1. The Labute approximate surface area is 109 Å². The molecule has 0 unspecified atom stereocenters. The molecule has 0 atom stereocenters. The second kappa shape index (κ2) is 6.02. The fourth-order valence-electron chi connectivity index (χ4n) is 1.10. The molecule has 3 nitrogen and oxygen atoms in total. The molecule has 0 N–H and O–H groups in total. The van der Waals surface area contributed by atoms with Crippen LogP contribution < -0.4 is 0 Å². The Bertz CT molecular complexity index is 456. The van der Waals surface area contributed by atoms with Crippen molar-refractivity contribution in [3.63, 3.8) is 0 Å². The average molecular weight is 300 g/mol. The lowest BCUT2D eigenvalue weighted by Crippen LogP contribution is -2.31.